The summed E-state index contributed by atoms with van der Waals surface area (Å²) >= 11 is 1.50. The molecular formula is C31H28N4O5S. The number of nitrogens with one attached hydrogen (secondary N) is 2. The summed E-state index contributed by atoms with van der Waals surface area (Å²) in [7, 11) is 0. The predicted octanol–water partition coefficient (Wildman–Crippen LogP) is 5.46. The molecule has 3 N–H and O–H groups in total. The fourth-order valence-corrected chi connectivity index (χ4v) is 6.14. The standard InChI is InChI=1S/C31H28N4O5S/c1-18-22(12-13-26-27(18)34-29(37)23-5-2-3-7-25(23)40-26)28(36)32-15-21-16-33-30(41-21)20-10-8-19(9-11-20)17-35-14-4-6-24(35)31(38)39/h2-3,5,7-13,16,24H,4,6,14-15,17H2,1H3,(H,32,36)(H,34,37)(H,38,39)/t24-/m0/s1. The van der Waals surface area contributed by atoms with Crippen LogP contribution in [-0.2, 0) is 17.9 Å². The summed E-state index contributed by atoms with van der Waals surface area (Å²) in [6.07, 6.45) is 3.35. The summed E-state index contributed by atoms with van der Waals surface area (Å²) in [5.41, 5.74) is 4.00. The molecule has 1 aromatic heterocycles. The monoisotopic (exact) mass is 568 g/mol. The van der Waals surface area contributed by atoms with Crippen molar-refractivity contribution in [2.45, 2.75) is 38.9 Å². The number of thiazole rings is 1. The Kier molecular flexibility index (Phi) is 7.25. The first-order valence-electron chi connectivity index (χ1n) is 13.4. The summed E-state index contributed by atoms with van der Waals surface area (Å²) in [4.78, 5) is 44.8. The number of hydrogen-bond donors (Lipinski definition) is 3. The van der Waals surface area contributed by atoms with Crippen molar-refractivity contribution in [3.05, 3.63) is 94.0 Å². The molecule has 6 rings (SSSR count). The highest BCUT2D eigenvalue weighted by molar-refractivity contribution is 7.15. The number of likely N-dealkylation sites (tertiary alicyclic amines) is 1. The number of benzene rings is 3. The first-order chi connectivity index (χ1) is 19.9. The van der Waals surface area contributed by atoms with Crippen LogP contribution >= 0.6 is 11.3 Å². The van der Waals surface area contributed by atoms with Crippen LogP contribution in [0.15, 0.2) is 66.9 Å². The number of carbonyl (C=O) groups excluding carboxylic acids is 2. The minimum absolute atomic E-state index is 0.262. The van der Waals surface area contributed by atoms with E-state index < -0.39 is 12.0 Å². The van der Waals surface area contributed by atoms with Gasteiger partial charge in [-0.1, -0.05) is 36.4 Å². The zero-order valence-electron chi connectivity index (χ0n) is 22.3. The number of carbonyl (C=O) groups is 3. The van der Waals surface area contributed by atoms with Crippen molar-refractivity contribution in [3.63, 3.8) is 0 Å². The second-order valence-electron chi connectivity index (χ2n) is 10.1. The van der Waals surface area contributed by atoms with E-state index >= 15 is 0 Å². The highest BCUT2D eigenvalue weighted by Gasteiger charge is 2.30. The molecule has 3 aromatic carbocycles. The molecule has 3 heterocycles. The minimum Gasteiger partial charge on any atom is -0.480 e. The fraction of sp³-hybridized carbons (Fsp3) is 0.226. The van der Waals surface area contributed by atoms with Gasteiger partial charge in [-0.15, -0.1) is 11.3 Å². The summed E-state index contributed by atoms with van der Waals surface area (Å²) in [5.74, 6) is -0.356. The maximum absolute atomic E-state index is 13.1. The first kappa shape index (κ1) is 26.7. The Morgan fingerprint density at radius 1 is 1.12 bits per heavy atom. The molecule has 0 saturated carbocycles. The average Bonchev–Trinajstić information content (AvgIpc) is 3.61. The summed E-state index contributed by atoms with van der Waals surface area (Å²) in [6, 6.07) is 18.0. The van der Waals surface area contributed by atoms with Gasteiger partial charge in [0.25, 0.3) is 11.8 Å². The molecule has 0 aliphatic carbocycles. The average molecular weight is 569 g/mol. The molecule has 4 aromatic rings. The van der Waals surface area contributed by atoms with Crippen molar-refractivity contribution >= 4 is 34.8 Å². The van der Waals surface area contributed by atoms with Crippen molar-refractivity contribution in [2.24, 2.45) is 0 Å². The number of hydrogen-bond acceptors (Lipinski definition) is 7. The van der Waals surface area contributed by atoms with E-state index in [0.717, 1.165) is 34.0 Å². The molecule has 1 atom stereocenters. The molecule has 0 spiro atoms. The largest absolute Gasteiger partial charge is 0.480 e. The number of carboxylic acid groups (broad SMARTS) is 1. The lowest BCUT2D eigenvalue weighted by Gasteiger charge is -2.21. The van der Waals surface area contributed by atoms with E-state index in [4.69, 9.17) is 4.74 Å². The van der Waals surface area contributed by atoms with Gasteiger partial charge in [-0.3, -0.25) is 19.3 Å². The Labute approximate surface area is 240 Å². The molecular weight excluding hydrogens is 540 g/mol. The Morgan fingerprint density at radius 3 is 2.73 bits per heavy atom. The summed E-state index contributed by atoms with van der Waals surface area (Å²) in [5, 5.41) is 16.1. The summed E-state index contributed by atoms with van der Waals surface area (Å²) < 4.78 is 5.97. The molecule has 2 aliphatic heterocycles. The molecule has 0 bridgehead atoms. The van der Waals surface area contributed by atoms with E-state index in [0.29, 0.717) is 53.4 Å². The SMILES string of the molecule is Cc1c(C(=O)NCc2cnc(-c3ccc(CN4CCC[C@H]4C(=O)O)cc3)s2)ccc2c1NC(=O)c1ccccc1O2. The van der Waals surface area contributed by atoms with Gasteiger partial charge in [0.2, 0.25) is 0 Å². The molecule has 2 aliphatic rings. The van der Waals surface area contributed by atoms with E-state index in [1.165, 1.54) is 11.3 Å². The zero-order valence-corrected chi connectivity index (χ0v) is 23.2. The van der Waals surface area contributed by atoms with Crippen molar-refractivity contribution in [2.75, 3.05) is 11.9 Å². The van der Waals surface area contributed by atoms with Gasteiger partial charge in [0.05, 0.1) is 17.8 Å². The Hall–Kier alpha value is -4.54. The van der Waals surface area contributed by atoms with E-state index in [1.807, 2.05) is 29.2 Å². The molecule has 208 valence electrons. The van der Waals surface area contributed by atoms with E-state index in [1.54, 1.807) is 49.5 Å². The number of rotatable bonds is 7. The topological polar surface area (TPSA) is 121 Å². The number of aromatic nitrogens is 1. The number of para-hydroxylation sites is 1. The van der Waals surface area contributed by atoms with E-state index in [2.05, 4.69) is 15.6 Å². The predicted molar refractivity (Wildman–Crippen MR) is 155 cm³/mol. The van der Waals surface area contributed by atoms with Crippen LogP contribution in [-0.4, -0.2) is 45.4 Å². The van der Waals surface area contributed by atoms with Crippen LogP contribution < -0.4 is 15.4 Å². The molecule has 0 radical (unpaired) electrons. The van der Waals surface area contributed by atoms with Gasteiger partial charge in [-0.25, -0.2) is 4.98 Å². The maximum Gasteiger partial charge on any atom is 0.320 e. The molecule has 1 fully saturated rings. The Balaban J connectivity index is 1.10. The van der Waals surface area contributed by atoms with Gasteiger partial charge in [-0.2, -0.15) is 0 Å². The highest BCUT2D eigenvalue weighted by atomic mass is 32.1. The smallest absolute Gasteiger partial charge is 0.320 e. The summed E-state index contributed by atoms with van der Waals surface area (Å²) in [6.45, 7) is 3.50. The van der Waals surface area contributed by atoms with Gasteiger partial charge in [-0.05, 0) is 61.7 Å². The lowest BCUT2D eigenvalue weighted by molar-refractivity contribution is -0.142. The number of nitrogens with zero attached hydrogens (tertiary/aromatic N) is 2. The van der Waals surface area contributed by atoms with Crippen LogP contribution in [0.5, 0.6) is 11.5 Å². The van der Waals surface area contributed by atoms with Crippen LogP contribution in [0.1, 0.15) is 49.6 Å². The van der Waals surface area contributed by atoms with Gasteiger partial charge in [0, 0.05) is 28.7 Å². The van der Waals surface area contributed by atoms with Gasteiger partial charge in [0.15, 0.2) is 5.75 Å². The van der Waals surface area contributed by atoms with Crippen molar-refractivity contribution in [3.8, 4) is 22.1 Å². The van der Waals surface area contributed by atoms with Crippen LogP contribution in [0.4, 0.5) is 5.69 Å². The number of amides is 2. The highest BCUT2D eigenvalue weighted by Crippen LogP contribution is 2.38. The number of carboxylic acids is 1. The van der Waals surface area contributed by atoms with Gasteiger partial charge < -0.3 is 20.5 Å². The van der Waals surface area contributed by atoms with E-state index in [9.17, 15) is 19.5 Å². The molecule has 41 heavy (non-hydrogen) atoms. The second kappa shape index (κ2) is 11.1. The van der Waals surface area contributed by atoms with Crippen molar-refractivity contribution < 1.29 is 24.2 Å². The fourth-order valence-electron chi connectivity index (χ4n) is 5.28. The minimum atomic E-state index is -0.759. The molecule has 2 amide bonds. The molecule has 1 saturated heterocycles. The lowest BCUT2D eigenvalue weighted by atomic mass is 10.0. The van der Waals surface area contributed by atoms with Gasteiger partial charge in [0.1, 0.15) is 16.8 Å². The molecule has 0 unspecified atom stereocenters. The normalized spacial score (nSPS) is 16.2. The van der Waals surface area contributed by atoms with Crippen LogP contribution in [0.3, 0.4) is 0 Å². The van der Waals surface area contributed by atoms with E-state index in [-0.39, 0.29) is 11.8 Å². The van der Waals surface area contributed by atoms with Crippen molar-refractivity contribution in [1.82, 2.24) is 15.2 Å². The second-order valence-corrected chi connectivity index (χ2v) is 11.3. The van der Waals surface area contributed by atoms with Crippen LogP contribution in [0, 0.1) is 6.92 Å². The Morgan fingerprint density at radius 2 is 1.93 bits per heavy atom. The number of anilines is 1. The lowest BCUT2D eigenvalue weighted by Crippen LogP contribution is -2.35. The Bertz CT molecular complexity index is 1650. The van der Waals surface area contributed by atoms with Crippen LogP contribution in [0.25, 0.3) is 10.6 Å². The third-order valence-electron chi connectivity index (χ3n) is 7.47. The number of fused-ring (bicyclic) bond motifs is 2. The van der Waals surface area contributed by atoms with Gasteiger partial charge >= 0.3 is 5.97 Å². The molecule has 10 heteroatoms. The first-order valence-corrected chi connectivity index (χ1v) is 14.2. The third-order valence-corrected chi connectivity index (χ3v) is 8.52. The zero-order chi connectivity index (χ0) is 28.5. The van der Waals surface area contributed by atoms with Crippen LogP contribution in [0.2, 0.25) is 0 Å². The van der Waals surface area contributed by atoms with Crippen molar-refractivity contribution in [1.29, 1.82) is 0 Å². The maximum atomic E-state index is 13.1. The quantitative estimate of drug-likeness (QED) is 0.271. The number of aliphatic carboxylic acids is 1. The number of ether oxygens (including phenoxy) is 1. The molecule has 9 nitrogen and oxygen atoms in total. The third kappa shape index (κ3) is 5.44.